The van der Waals surface area contributed by atoms with Gasteiger partial charge in [-0.2, -0.15) is 0 Å². The smallest absolute Gasteiger partial charge is 0.268 e. The Balaban J connectivity index is 4.38. The molecule has 2 N–H and O–H groups in total. The van der Waals surface area contributed by atoms with Gasteiger partial charge >= 0.3 is 0 Å². The predicted octanol–water partition coefficient (Wildman–Crippen LogP) is 9.78. The van der Waals surface area contributed by atoms with Gasteiger partial charge in [-0.15, -0.1) is 0 Å². The van der Waals surface area contributed by atoms with Crippen LogP contribution in [-0.4, -0.2) is 68.5 Å². The number of aliphatic hydroxyl groups excluding tert-OH is 1. The Labute approximate surface area is 297 Å². The van der Waals surface area contributed by atoms with Crippen molar-refractivity contribution >= 4 is 13.7 Å². The third kappa shape index (κ3) is 33.7. The molecule has 48 heavy (non-hydrogen) atoms. The maximum atomic E-state index is 12.7. The van der Waals surface area contributed by atoms with E-state index in [9.17, 15) is 19.4 Å². The zero-order chi connectivity index (χ0) is 35.8. The van der Waals surface area contributed by atoms with E-state index in [0.717, 1.165) is 32.1 Å². The number of nitrogens with zero attached hydrogens (tertiary/aromatic N) is 1. The summed E-state index contributed by atoms with van der Waals surface area (Å²) in [6.07, 6.45) is 33.7. The third-order valence-electron chi connectivity index (χ3n) is 9.00. The molecule has 0 aromatic rings. The van der Waals surface area contributed by atoms with E-state index in [2.05, 4.69) is 31.3 Å². The molecule has 0 saturated carbocycles. The molecule has 0 aromatic heterocycles. The Hall–Kier alpha value is -0.760. The fourth-order valence-electron chi connectivity index (χ4n) is 5.75. The highest BCUT2D eigenvalue weighted by molar-refractivity contribution is 7.45. The monoisotopic (exact) mass is 703 g/mol. The molecule has 286 valence electrons. The van der Waals surface area contributed by atoms with Crippen LogP contribution in [0.25, 0.3) is 0 Å². The van der Waals surface area contributed by atoms with E-state index in [-0.39, 0.29) is 19.1 Å². The van der Waals surface area contributed by atoms with Crippen molar-refractivity contribution in [3.63, 3.8) is 0 Å². The Morgan fingerprint density at radius 3 is 1.62 bits per heavy atom. The summed E-state index contributed by atoms with van der Waals surface area (Å²) in [6, 6.07) is -0.808. The molecule has 1 amide bonds. The Morgan fingerprint density at radius 1 is 0.708 bits per heavy atom. The minimum atomic E-state index is -4.56. The first kappa shape index (κ1) is 47.2. The van der Waals surface area contributed by atoms with Gasteiger partial charge in [-0.25, -0.2) is 0 Å². The lowest BCUT2D eigenvalue weighted by atomic mass is 10.0. The number of unbranched alkanes of at least 4 members (excludes halogenated alkanes) is 21. The van der Waals surface area contributed by atoms with Crippen LogP contribution in [0.2, 0.25) is 0 Å². The molecule has 0 fully saturated rings. The zero-order valence-corrected chi connectivity index (χ0v) is 33.1. The number of phosphoric acid groups is 1. The molecule has 3 unspecified atom stereocenters. The van der Waals surface area contributed by atoms with E-state index in [4.69, 9.17) is 9.05 Å². The molecule has 8 nitrogen and oxygen atoms in total. The largest absolute Gasteiger partial charge is 0.756 e. The quantitative estimate of drug-likeness (QED) is 0.0291. The van der Waals surface area contributed by atoms with Crippen LogP contribution in [0.1, 0.15) is 181 Å². The molecule has 0 spiro atoms. The number of amides is 1. The second kappa shape index (κ2) is 32.2. The highest BCUT2D eigenvalue weighted by Gasteiger charge is 2.24. The van der Waals surface area contributed by atoms with Crippen molar-refractivity contribution in [2.24, 2.45) is 0 Å². The van der Waals surface area contributed by atoms with E-state index >= 15 is 0 Å². The van der Waals surface area contributed by atoms with Crippen molar-refractivity contribution in [3.05, 3.63) is 12.2 Å². The fourth-order valence-corrected chi connectivity index (χ4v) is 6.47. The minimum absolute atomic E-state index is 0.00916. The molecule has 0 aromatic carbocycles. The summed E-state index contributed by atoms with van der Waals surface area (Å²) in [7, 11) is 1.29. The van der Waals surface area contributed by atoms with Crippen molar-refractivity contribution in [2.45, 2.75) is 193 Å². The predicted molar refractivity (Wildman–Crippen MR) is 201 cm³/mol. The van der Waals surface area contributed by atoms with Crippen molar-refractivity contribution in [1.82, 2.24) is 5.32 Å². The van der Waals surface area contributed by atoms with Crippen LogP contribution in [0.15, 0.2) is 12.2 Å². The first-order valence-corrected chi connectivity index (χ1v) is 21.5. The van der Waals surface area contributed by atoms with Crippen molar-refractivity contribution in [1.29, 1.82) is 0 Å². The van der Waals surface area contributed by atoms with Gasteiger partial charge < -0.3 is 28.8 Å². The topological polar surface area (TPSA) is 108 Å². The average molecular weight is 703 g/mol. The molecular formula is C39H79N2O6P. The highest BCUT2D eigenvalue weighted by Crippen LogP contribution is 2.38. The number of phosphoric ester groups is 1. The lowest BCUT2D eigenvalue weighted by Crippen LogP contribution is -2.46. The van der Waals surface area contributed by atoms with Crippen LogP contribution < -0.4 is 10.2 Å². The maximum absolute atomic E-state index is 12.7. The Morgan fingerprint density at radius 2 is 1.15 bits per heavy atom. The summed E-state index contributed by atoms with van der Waals surface area (Å²) < 4.78 is 23.1. The van der Waals surface area contributed by atoms with Gasteiger partial charge in [0, 0.05) is 6.42 Å². The molecule has 3 atom stereocenters. The number of aliphatic hydroxyl groups is 1. The van der Waals surface area contributed by atoms with E-state index in [1.165, 1.54) is 116 Å². The van der Waals surface area contributed by atoms with Gasteiger partial charge in [0.2, 0.25) is 5.91 Å². The summed E-state index contributed by atoms with van der Waals surface area (Å²) in [5.41, 5.74) is 0. The normalized spacial score (nSPS) is 14.7. The first-order chi connectivity index (χ1) is 23.0. The molecule has 9 heteroatoms. The number of carbonyl (C=O) groups excluding carboxylic acids is 1. The number of likely N-dealkylation sites (N-methyl/N-ethyl adjacent to an activating group) is 1. The lowest BCUT2D eigenvalue weighted by Gasteiger charge is -2.30. The van der Waals surface area contributed by atoms with Gasteiger partial charge in [0.05, 0.1) is 39.9 Å². The number of hydrogen-bond donors (Lipinski definition) is 2. The molecule has 0 radical (unpaired) electrons. The fraction of sp³-hybridized carbons (Fsp3) is 0.923. The number of rotatable bonds is 36. The van der Waals surface area contributed by atoms with Crippen molar-refractivity contribution < 1.29 is 32.9 Å². The SMILES string of the molecule is CCCCCC/C=C\CCCC(=O)NC(COP(=O)([O-])OCC[N+](C)(C)C)C(O)CCCCCCCCCCCCCCCCCCC. The van der Waals surface area contributed by atoms with Crippen LogP contribution in [0, 0.1) is 0 Å². The maximum Gasteiger partial charge on any atom is 0.268 e. The number of hydrogen-bond acceptors (Lipinski definition) is 6. The van der Waals surface area contributed by atoms with Crippen LogP contribution >= 0.6 is 7.82 Å². The van der Waals surface area contributed by atoms with Crippen molar-refractivity contribution in [2.75, 3.05) is 40.9 Å². The van der Waals surface area contributed by atoms with Gasteiger partial charge in [0.1, 0.15) is 13.2 Å². The van der Waals surface area contributed by atoms with Gasteiger partial charge in [-0.05, 0) is 32.1 Å². The molecule has 0 aliphatic heterocycles. The number of quaternary nitrogens is 1. The average Bonchev–Trinajstić information content (AvgIpc) is 3.02. The number of allylic oxidation sites excluding steroid dienone is 2. The Kier molecular flexibility index (Phi) is 31.7. The second-order valence-electron chi connectivity index (χ2n) is 15.0. The molecule has 0 aliphatic rings. The molecule has 0 saturated heterocycles. The number of carbonyl (C=O) groups is 1. The molecule has 0 rings (SSSR count). The molecule has 0 heterocycles. The standard InChI is InChI=1S/C39H79N2O6P/c1-6-8-10-12-14-16-17-18-19-20-21-22-23-25-26-28-30-32-38(42)37(36-47-48(44,45)46-35-34-41(3,4)5)40-39(43)33-31-29-27-24-15-13-11-9-7-2/h24,27,37-38,42H,6-23,25-26,28-36H2,1-5H3,(H-,40,43,44,45)/b27-24-. The molecular weight excluding hydrogens is 623 g/mol. The van der Waals surface area contributed by atoms with Gasteiger partial charge in [-0.3, -0.25) is 9.36 Å². The van der Waals surface area contributed by atoms with Gasteiger partial charge in [0.15, 0.2) is 0 Å². The van der Waals surface area contributed by atoms with E-state index in [1.54, 1.807) is 0 Å². The third-order valence-corrected chi connectivity index (χ3v) is 9.97. The van der Waals surface area contributed by atoms with Crippen LogP contribution in [0.4, 0.5) is 0 Å². The highest BCUT2D eigenvalue weighted by atomic mass is 31.2. The zero-order valence-electron chi connectivity index (χ0n) is 32.2. The summed E-state index contributed by atoms with van der Waals surface area (Å²) in [4.78, 5) is 25.1. The minimum Gasteiger partial charge on any atom is -0.756 e. The summed E-state index contributed by atoms with van der Waals surface area (Å²) in [5, 5.41) is 13.8. The van der Waals surface area contributed by atoms with Crippen LogP contribution in [-0.2, 0) is 18.4 Å². The lowest BCUT2D eigenvalue weighted by molar-refractivity contribution is -0.870. The summed E-state index contributed by atoms with van der Waals surface area (Å²) in [5.74, 6) is -0.201. The first-order valence-electron chi connectivity index (χ1n) is 20.0. The van der Waals surface area contributed by atoms with E-state index in [0.29, 0.717) is 30.3 Å². The van der Waals surface area contributed by atoms with Crippen LogP contribution in [0.3, 0.4) is 0 Å². The number of nitrogens with one attached hydrogen (secondary N) is 1. The van der Waals surface area contributed by atoms with Crippen molar-refractivity contribution in [3.8, 4) is 0 Å². The summed E-state index contributed by atoms with van der Waals surface area (Å²) >= 11 is 0. The van der Waals surface area contributed by atoms with Gasteiger partial charge in [0.25, 0.3) is 7.82 Å². The van der Waals surface area contributed by atoms with E-state index < -0.39 is 20.0 Å². The molecule has 0 bridgehead atoms. The summed E-state index contributed by atoms with van der Waals surface area (Å²) in [6.45, 7) is 4.65. The van der Waals surface area contributed by atoms with Crippen LogP contribution in [0.5, 0.6) is 0 Å². The molecule has 0 aliphatic carbocycles. The van der Waals surface area contributed by atoms with E-state index in [1.807, 2.05) is 21.1 Å². The second-order valence-corrected chi connectivity index (χ2v) is 16.4. The Bertz CT molecular complexity index is 804. The van der Waals surface area contributed by atoms with Gasteiger partial charge in [-0.1, -0.05) is 154 Å².